The molecule has 0 spiro atoms. The molecule has 0 aromatic heterocycles. The monoisotopic (exact) mass is 232 g/mol. The van der Waals surface area contributed by atoms with Gasteiger partial charge in [-0.1, -0.05) is 24.3 Å². The first kappa shape index (κ1) is 11.2. The molecule has 3 heteroatoms. The van der Waals surface area contributed by atoms with Crippen LogP contribution in [0.25, 0.3) is 0 Å². The number of nitrogens with one attached hydrogen (secondary N) is 1. The summed E-state index contributed by atoms with van der Waals surface area (Å²) in [5.41, 5.74) is 2.06. The average Bonchev–Trinajstić information content (AvgIpc) is 2.78. The van der Waals surface area contributed by atoms with Crippen LogP contribution in [0.1, 0.15) is 30.0 Å². The van der Waals surface area contributed by atoms with Gasteiger partial charge in [-0.2, -0.15) is 0 Å². The number of likely N-dealkylation sites (tertiary alicyclic amines) is 1. The molecule has 1 atom stereocenters. The van der Waals surface area contributed by atoms with Crippen LogP contribution >= 0.6 is 0 Å². The van der Waals surface area contributed by atoms with E-state index in [4.69, 9.17) is 0 Å². The van der Waals surface area contributed by atoms with Crippen LogP contribution in [0.4, 0.5) is 0 Å². The first-order chi connectivity index (χ1) is 8.19. The van der Waals surface area contributed by atoms with E-state index in [1.807, 2.05) is 0 Å². The van der Waals surface area contributed by atoms with Crippen molar-refractivity contribution in [3.63, 3.8) is 0 Å². The van der Waals surface area contributed by atoms with E-state index >= 15 is 0 Å². The summed E-state index contributed by atoms with van der Waals surface area (Å²) in [4.78, 5) is 2.29. The number of rotatable bonds is 1. The molecule has 1 saturated heterocycles. The van der Waals surface area contributed by atoms with Crippen LogP contribution in [0.5, 0.6) is 0 Å². The predicted octanol–water partition coefficient (Wildman–Crippen LogP) is 1.29. The highest BCUT2D eigenvalue weighted by atomic mass is 16.3. The summed E-state index contributed by atoms with van der Waals surface area (Å²) in [7, 11) is 2.12. The molecular formula is C14H20N2O. The van der Waals surface area contributed by atoms with Gasteiger partial charge in [0.15, 0.2) is 0 Å². The fourth-order valence-corrected chi connectivity index (χ4v) is 3.07. The Morgan fingerprint density at radius 3 is 2.76 bits per heavy atom. The molecule has 1 unspecified atom stereocenters. The summed E-state index contributed by atoms with van der Waals surface area (Å²) < 4.78 is 0. The molecule has 2 N–H and O–H groups in total. The predicted molar refractivity (Wildman–Crippen MR) is 67.7 cm³/mol. The lowest BCUT2D eigenvalue weighted by molar-refractivity contribution is -0.0445. The summed E-state index contributed by atoms with van der Waals surface area (Å²) >= 11 is 0. The van der Waals surface area contributed by atoms with Crippen molar-refractivity contribution < 1.29 is 5.11 Å². The molecule has 0 bridgehead atoms. The second kappa shape index (κ2) is 4.09. The quantitative estimate of drug-likeness (QED) is 0.766. The summed E-state index contributed by atoms with van der Waals surface area (Å²) in [6, 6.07) is 8.56. The molecule has 92 valence electrons. The Hall–Kier alpha value is -0.900. The van der Waals surface area contributed by atoms with Crippen molar-refractivity contribution in [2.75, 3.05) is 20.1 Å². The van der Waals surface area contributed by atoms with E-state index in [1.165, 1.54) is 11.1 Å². The van der Waals surface area contributed by atoms with E-state index in [1.54, 1.807) is 0 Å². The van der Waals surface area contributed by atoms with Gasteiger partial charge in [0.1, 0.15) is 0 Å². The van der Waals surface area contributed by atoms with Crippen molar-refractivity contribution in [3.8, 4) is 0 Å². The van der Waals surface area contributed by atoms with Gasteiger partial charge in [-0.15, -0.1) is 0 Å². The molecule has 1 fully saturated rings. The Morgan fingerprint density at radius 1 is 1.29 bits per heavy atom. The van der Waals surface area contributed by atoms with Gasteiger partial charge in [0.2, 0.25) is 0 Å². The molecule has 1 aromatic rings. The average molecular weight is 232 g/mol. The molecule has 1 aromatic carbocycles. The number of hydrogen-bond donors (Lipinski definition) is 2. The normalized spacial score (nSPS) is 28.0. The lowest BCUT2D eigenvalue weighted by Crippen LogP contribution is -2.49. The second-order valence-electron chi connectivity index (χ2n) is 5.42. The molecule has 2 aliphatic rings. The number of nitrogens with zero attached hydrogens (tertiary/aromatic N) is 1. The van der Waals surface area contributed by atoms with Crippen LogP contribution in [0.2, 0.25) is 0 Å². The number of piperidine rings is 1. The molecule has 2 aliphatic heterocycles. The highest BCUT2D eigenvalue weighted by Gasteiger charge is 2.42. The molecule has 17 heavy (non-hydrogen) atoms. The van der Waals surface area contributed by atoms with Crippen LogP contribution in [-0.2, 0) is 6.54 Å². The van der Waals surface area contributed by atoms with Gasteiger partial charge >= 0.3 is 0 Å². The molecule has 3 rings (SSSR count). The zero-order chi connectivity index (χ0) is 11.9. The van der Waals surface area contributed by atoms with Crippen molar-refractivity contribution in [3.05, 3.63) is 35.4 Å². The van der Waals surface area contributed by atoms with Gasteiger partial charge in [-0.3, -0.25) is 0 Å². The van der Waals surface area contributed by atoms with Gasteiger partial charge in [0.25, 0.3) is 0 Å². The van der Waals surface area contributed by atoms with Gasteiger partial charge in [-0.25, -0.2) is 0 Å². The third kappa shape index (κ3) is 1.88. The summed E-state index contributed by atoms with van der Waals surface area (Å²) in [6.07, 6.45) is 1.71. The van der Waals surface area contributed by atoms with E-state index in [-0.39, 0.29) is 6.04 Å². The number of benzene rings is 1. The number of hydrogen-bond acceptors (Lipinski definition) is 3. The van der Waals surface area contributed by atoms with E-state index < -0.39 is 5.60 Å². The maximum absolute atomic E-state index is 10.8. The SMILES string of the molecule is CN1CCC(O)(C2NCc3ccccc32)CC1. The topological polar surface area (TPSA) is 35.5 Å². The standard InChI is InChI=1S/C14H20N2O/c1-16-8-6-14(17,7-9-16)13-12-5-3-2-4-11(12)10-15-13/h2-5,13,15,17H,6-10H2,1H3. The van der Waals surface area contributed by atoms with Crippen molar-refractivity contribution in [2.24, 2.45) is 0 Å². The third-order valence-electron chi connectivity index (χ3n) is 4.25. The van der Waals surface area contributed by atoms with Crippen LogP contribution in [0.15, 0.2) is 24.3 Å². The Kier molecular flexibility index (Phi) is 2.69. The Morgan fingerprint density at radius 2 is 2.00 bits per heavy atom. The highest BCUT2D eigenvalue weighted by Crippen LogP contribution is 2.39. The zero-order valence-electron chi connectivity index (χ0n) is 10.3. The van der Waals surface area contributed by atoms with Crippen LogP contribution in [0, 0.1) is 0 Å². The number of fused-ring (bicyclic) bond motifs is 1. The number of aliphatic hydroxyl groups is 1. The first-order valence-electron chi connectivity index (χ1n) is 6.41. The fraction of sp³-hybridized carbons (Fsp3) is 0.571. The maximum atomic E-state index is 10.8. The van der Waals surface area contributed by atoms with E-state index in [9.17, 15) is 5.11 Å². The fourth-order valence-electron chi connectivity index (χ4n) is 3.07. The third-order valence-corrected chi connectivity index (χ3v) is 4.25. The largest absolute Gasteiger partial charge is 0.388 e. The van der Waals surface area contributed by atoms with Gasteiger partial charge in [0.05, 0.1) is 11.6 Å². The molecule has 0 radical (unpaired) electrons. The van der Waals surface area contributed by atoms with Gasteiger partial charge in [-0.05, 0) is 31.0 Å². The van der Waals surface area contributed by atoms with Crippen LogP contribution < -0.4 is 5.32 Å². The van der Waals surface area contributed by atoms with E-state index in [0.717, 1.165) is 32.5 Å². The second-order valence-corrected chi connectivity index (χ2v) is 5.42. The molecular weight excluding hydrogens is 212 g/mol. The van der Waals surface area contributed by atoms with Crippen molar-refractivity contribution in [1.82, 2.24) is 10.2 Å². The maximum Gasteiger partial charge on any atom is 0.0866 e. The molecule has 2 heterocycles. The highest BCUT2D eigenvalue weighted by molar-refractivity contribution is 5.36. The molecule has 0 amide bonds. The lowest BCUT2D eigenvalue weighted by atomic mass is 9.81. The minimum absolute atomic E-state index is 0.118. The molecule has 0 aliphatic carbocycles. The Balaban J connectivity index is 1.86. The molecule has 0 saturated carbocycles. The Bertz CT molecular complexity index is 410. The lowest BCUT2D eigenvalue weighted by Gasteiger charge is -2.41. The summed E-state index contributed by atoms with van der Waals surface area (Å²) in [5.74, 6) is 0. The van der Waals surface area contributed by atoms with Crippen molar-refractivity contribution in [1.29, 1.82) is 0 Å². The minimum atomic E-state index is -0.570. The van der Waals surface area contributed by atoms with Gasteiger partial charge in [0, 0.05) is 19.6 Å². The van der Waals surface area contributed by atoms with Crippen molar-refractivity contribution in [2.45, 2.75) is 31.0 Å². The summed E-state index contributed by atoms with van der Waals surface area (Å²) in [5, 5.41) is 14.3. The first-order valence-corrected chi connectivity index (χ1v) is 6.41. The zero-order valence-corrected chi connectivity index (χ0v) is 10.3. The van der Waals surface area contributed by atoms with Crippen LogP contribution in [0.3, 0.4) is 0 Å². The Labute approximate surface area is 102 Å². The minimum Gasteiger partial charge on any atom is -0.388 e. The van der Waals surface area contributed by atoms with E-state index in [2.05, 4.69) is 41.5 Å². The van der Waals surface area contributed by atoms with Gasteiger partial charge < -0.3 is 15.3 Å². The van der Waals surface area contributed by atoms with Crippen molar-refractivity contribution >= 4 is 0 Å². The molecule has 3 nitrogen and oxygen atoms in total. The summed E-state index contributed by atoms with van der Waals surface area (Å²) in [6.45, 7) is 2.85. The van der Waals surface area contributed by atoms with Crippen LogP contribution in [-0.4, -0.2) is 35.7 Å². The smallest absolute Gasteiger partial charge is 0.0866 e. The van der Waals surface area contributed by atoms with E-state index in [0.29, 0.717) is 0 Å².